The number of carbonyl (C=O) groups is 1. The molecule has 0 aliphatic heterocycles. The molecule has 3 heteroatoms. The van der Waals surface area contributed by atoms with E-state index >= 15 is 0 Å². The molecule has 0 amide bonds. The molecule has 2 nitrogen and oxygen atoms in total. The van der Waals surface area contributed by atoms with Crippen LogP contribution in [0.2, 0.25) is 0 Å². The average Bonchev–Trinajstić information content (AvgIpc) is 2.07. The Bertz CT molecular complexity index is 341. The number of rotatable bonds is 3. The van der Waals surface area contributed by atoms with E-state index in [0.29, 0.717) is 6.42 Å². The molecule has 0 unspecified atom stereocenters. The largest absolute Gasteiger partial charge is 0.319 e. The summed E-state index contributed by atoms with van der Waals surface area (Å²) in [5, 5.41) is 0. The van der Waals surface area contributed by atoms with Crippen LogP contribution in [-0.2, 0) is 11.2 Å². The quantitative estimate of drug-likeness (QED) is 0.901. The molecule has 2 N–H and O–H groups in total. The van der Waals surface area contributed by atoms with E-state index in [-0.39, 0.29) is 5.78 Å². The van der Waals surface area contributed by atoms with Gasteiger partial charge in [0.1, 0.15) is 0 Å². The van der Waals surface area contributed by atoms with E-state index in [1.807, 2.05) is 24.3 Å². The minimum atomic E-state index is -0.755. The summed E-state index contributed by atoms with van der Waals surface area (Å²) >= 11 is 3.40. The molecule has 1 rings (SSSR count). The predicted octanol–water partition coefficient (Wildman–Crippen LogP) is 2.30. The zero-order valence-corrected chi connectivity index (χ0v) is 9.97. The smallest absolute Gasteiger partial charge is 0.156 e. The fraction of sp³-hybridized carbons (Fsp3) is 0.364. The van der Waals surface area contributed by atoms with Gasteiger partial charge in [-0.3, -0.25) is 4.79 Å². The molecule has 0 spiro atoms. The molecule has 0 aromatic heterocycles. The fourth-order valence-electron chi connectivity index (χ4n) is 1.04. The van der Waals surface area contributed by atoms with Crippen molar-refractivity contribution < 1.29 is 4.79 Å². The monoisotopic (exact) mass is 255 g/mol. The van der Waals surface area contributed by atoms with Crippen molar-refractivity contribution in [3.05, 3.63) is 34.3 Å². The van der Waals surface area contributed by atoms with Crippen LogP contribution in [0.5, 0.6) is 0 Å². The van der Waals surface area contributed by atoms with E-state index in [4.69, 9.17) is 5.73 Å². The third kappa shape index (κ3) is 2.93. The Kier molecular flexibility index (Phi) is 3.45. The number of nitrogens with two attached hydrogens (primary N) is 1. The van der Waals surface area contributed by atoms with Crippen molar-refractivity contribution >= 4 is 21.7 Å². The highest BCUT2D eigenvalue weighted by molar-refractivity contribution is 9.10. The van der Waals surface area contributed by atoms with Crippen molar-refractivity contribution in [2.24, 2.45) is 5.73 Å². The van der Waals surface area contributed by atoms with E-state index in [9.17, 15) is 4.79 Å². The summed E-state index contributed by atoms with van der Waals surface area (Å²) in [6.45, 7) is 3.46. The molecule has 0 aliphatic carbocycles. The Balaban J connectivity index is 2.80. The maximum Gasteiger partial charge on any atom is 0.156 e. The van der Waals surface area contributed by atoms with Gasteiger partial charge in [-0.1, -0.05) is 34.1 Å². The molecular formula is C11H14BrNO. The summed E-state index contributed by atoms with van der Waals surface area (Å²) in [4.78, 5) is 11.6. The molecule has 1 aromatic carbocycles. The third-order valence-electron chi connectivity index (χ3n) is 2.03. The van der Waals surface area contributed by atoms with Gasteiger partial charge in [-0.2, -0.15) is 0 Å². The molecule has 0 fully saturated rings. The Morgan fingerprint density at radius 1 is 1.43 bits per heavy atom. The summed E-state index contributed by atoms with van der Waals surface area (Å²) in [5.41, 5.74) is 5.94. The van der Waals surface area contributed by atoms with Gasteiger partial charge < -0.3 is 5.73 Å². The molecule has 0 atom stereocenters. The number of Topliss-reactive ketones (excluding diaryl/α,β-unsaturated/α-hetero) is 1. The van der Waals surface area contributed by atoms with Crippen LogP contribution in [0.15, 0.2) is 28.7 Å². The molecule has 14 heavy (non-hydrogen) atoms. The highest BCUT2D eigenvalue weighted by Crippen LogP contribution is 2.18. The molecule has 1 aromatic rings. The Labute approximate surface area is 92.6 Å². The van der Waals surface area contributed by atoms with Gasteiger partial charge in [0.25, 0.3) is 0 Å². The van der Waals surface area contributed by atoms with Gasteiger partial charge in [-0.25, -0.2) is 0 Å². The van der Waals surface area contributed by atoms with Gasteiger partial charge in [-0.15, -0.1) is 0 Å². The van der Waals surface area contributed by atoms with Gasteiger partial charge >= 0.3 is 0 Å². The van der Waals surface area contributed by atoms with Gasteiger partial charge in [-0.05, 0) is 25.5 Å². The number of benzene rings is 1. The van der Waals surface area contributed by atoms with Crippen LogP contribution in [0.3, 0.4) is 0 Å². The number of halogens is 1. The molecule has 0 saturated heterocycles. The van der Waals surface area contributed by atoms with E-state index in [1.54, 1.807) is 13.8 Å². The van der Waals surface area contributed by atoms with E-state index in [0.717, 1.165) is 10.0 Å². The van der Waals surface area contributed by atoms with Crippen molar-refractivity contribution in [2.75, 3.05) is 0 Å². The van der Waals surface area contributed by atoms with Crippen LogP contribution in [0.4, 0.5) is 0 Å². The van der Waals surface area contributed by atoms with Crippen molar-refractivity contribution in [2.45, 2.75) is 25.8 Å². The molecule has 0 radical (unpaired) electrons. The standard InChI is InChI=1S/C11H14BrNO/c1-11(2,13)10(14)7-8-5-3-4-6-9(8)12/h3-6H,7,13H2,1-2H3. The minimum Gasteiger partial charge on any atom is -0.319 e. The van der Waals surface area contributed by atoms with Crippen LogP contribution >= 0.6 is 15.9 Å². The maximum atomic E-state index is 11.6. The van der Waals surface area contributed by atoms with Crippen molar-refractivity contribution in [1.82, 2.24) is 0 Å². The molecule has 0 saturated carbocycles. The molecule has 0 aliphatic rings. The van der Waals surface area contributed by atoms with Crippen LogP contribution < -0.4 is 5.73 Å². The average molecular weight is 256 g/mol. The summed E-state index contributed by atoms with van der Waals surface area (Å²) in [6, 6.07) is 7.68. The lowest BCUT2D eigenvalue weighted by molar-refractivity contribution is -0.122. The second kappa shape index (κ2) is 4.24. The van der Waals surface area contributed by atoms with E-state index in [2.05, 4.69) is 15.9 Å². The maximum absolute atomic E-state index is 11.6. The first kappa shape index (κ1) is 11.4. The Morgan fingerprint density at radius 3 is 2.50 bits per heavy atom. The zero-order chi connectivity index (χ0) is 10.8. The molecular weight excluding hydrogens is 242 g/mol. The highest BCUT2D eigenvalue weighted by Gasteiger charge is 2.22. The number of carbonyl (C=O) groups excluding carboxylic acids is 1. The first-order valence-corrected chi connectivity index (χ1v) is 5.26. The molecule has 0 bridgehead atoms. The highest BCUT2D eigenvalue weighted by atomic mass is 79.9. The van der Waals surface area contributed by atoms with Crippen LogP contribution in [-0.4, -0.2) is 11.3 Å². The SMILES string of the molecule is CC(C)(N)C(=O)Cc1ccccc1Br. The molecule has 0 heterocycles. The predicted molar refractivity (Wildman–Crippen MR) is 61.1 cm³/mol. The van der Waals surface area contributed by atoms with E-state index < -0.39 is 5.54 Å². The lowest BCUT2D eigenvalue weighted by Gasteiger charge is -2.16. The zero-order valence-electron chi connectivity index (χ0n) is 8.38. The number of hydrogen-bond donors (Lipinski definition) is 1. The minimum absolute atomic E-state index is 0.0457. The summed E-state index contributed by atoms with van der Waals surface area (Å²) in [7, 11) is 0. The fourth-order valence-corrected chi connectivity index (χ4v) is 1.47. The molecule has 76 valence electrons. The van der Waals surface area contributed by atoms with Gasteiger partial charge in [0.15, 0.2) is 5.78 Å². The van der Waals surface area contributed by atoms with Crippen LogP contribution in [0.1, 0.15) is 19.4 Å². The second-order valence-corrected chi connectivity index (χ2v) is 4.77. The first-order valence-electron chi connectivity index (χ1n) is 4.47. The summed E-state index contributed by atoms with van der Waals surface area (Å²) in [5.74, 6) is 0.0457. The van der Waals surface area contributed by atoms with Gasteiger partial charge in [0.05, 0.1) is 5.54 Å². The Hall–Kier alpha value is -0.670. The van der Waals surface area contributed by atoms with Gasteiger partial charge in [0, 0.05) is 10.9 Å². The van der Waals surface area contributed by atoms with Crippen LogP contribution in [0, 0.1) is 0 Å². The van der Waals surface area contributed by atoms with Crippen LogP contribution in [0.25, 0.3) is 0 Å². The number of ketones is 1. The topological polar surface area (TPSA) is 43.1 Å². The second-order valence-electron chi connectivity index (χ2n) is 3.91. The van der Waals surface area contributed by atoms with Crippen molar-refractivity contribution in [3.63, 3.8) is 0 Å². The Morgan fingerprint density at radius 2 is 2.00 bits per heavy atom. The van der Waals surface area contributed by atoms with Crippen molar-refractivity contribution in [3.8, 4) is 0 Å². The van der Waals surface area contributed by atoms with E-state index in [1.165, 1.54) is 0 Å². The first-order chi connectivity index (χ1) is 6.41. The third-order valence-corrected chi connectivity index (χ3v) is 2.80. The number of hydrogen-bond acceptors (Lipinski definition) is 2. The summed E-state index contributed by atoms with van der Waals surface area (Å²) in [6.07, 6.45) is 0.380. The van der Waals surface area contributed by atoms with Crippen molar-refractivity contribution in [1.29, 1.82) is 0 Å². The lowest BCUT2D eigenvalue weighted by Crippen LogP contribution is -2.42. The van der Waals surface area contributed by atoms with Gasteiger partial charge in [0.2, 0.25) is 0 Å². The summed E-state index contributed by atoms with van der Waals surface area (Å²) < 4.78 is 0.956. The normalized spacial score (nSPS) is 11.4. The lowest BCUT2D eigenvalue weighted by atomic mass is 9.95.